The van der Waals surface area contributed by atoms with Gasteiger partial charge in [-0.05, 0) is 43.9 Å². The van der Waals surface area contributed by atoms with Crippen molar-refractivity contribution in [1.82, 2.24) is 5.32 Å². The molecule has 0 spiro atoms. The topological polar surface area (TPSA) is 12.0 Å². The second-order valence-electron chi connectivity index (χ2n) is 4.39. The Morgan fingerprint density at radius 2 is 2.24 bits per heavy atom. The summed E-state index contributed by atoms with van der Waals surface area (Å²) in [5.74, 6) is -0.343. The summed E-state index contributed by atoms with van der Waals surface area (Å²) in [7, 11) is 0. The van der Waals surface area contributed by atoms with Crippen molar-refractivity contribution in [2.45, 2.75) is 32.2 Å². The minimum atomic E-state index is -0.343. The van der Waals surface area contributed by atoms with Crippen molar-refractivity contribution < 1.29 is 4.39 Å². The predicted molar refractivity (Wildman–Crippen MR) is 69.7 cm³/mol. The lowest BCUT2D eigenvalue weighted by molar-refractivity contribution is 0.620. The van der Waals surface area contributed by atoms with Gasteiger partial charge in [-0.2, -0.15) is 0 Å². The quantitative estimate of drug-likeness (QED) is 0.616. The summed E-state index contributed by atoms with van der Waals surface area (Å²) in [4.78, 5) is 0. The maximum absolute atomic E-state index is 13.2. The number of benzene rings is 1. The average Bonchev–Trinajstić information content (AvgIpc) is 2.83. The highest BCUT2D eigenvalue weighted by molar-refractivity contribution is 6.31. The van der Waals surface area contributed by atoms with Crippen LogP contribution in [0.5, 0.6) is 0 Å². The van der Waals surface area contributed by atoms with Crippen LogP contribution in [0, 0.1) is 5.82 Å². The second kappa shape index (κ2) is 6.18. The van der Waals surface area contributed by atoms with E-state index in [0.29, 0.717) is 6.54 Å². The van der Waals surface area contributed by atoms with Crippen LogP contribution in [0.3, 0.4) is 0 Å². The third kappa shape index (κ3) is 3.55. The van der Waals surface area contributed by atoms with E-state index in [-0.39, 0.29) is 10.8 Å². The summed E-state index contributed by atoms with van der Waals surface area (Å²) in [5, 5.41) is 3.54. The number of halogens is 2. The third-order valence-electron chi connectivity index (χ3n) is 3.10. The van der Waals surface area contributed by atoms with Crippen LogP contribution >= 0.6 is 11.6 Å². The van der Waals surface area contributed by atoms with Crippen molar-refractivity contribution in [2.75, 3.05) is 6.54 Å². The number of hydrogen-bond acceptors (Lipinski definition) is 1. The molecule has 1 aliphatic carbocycles. The second-order valence-corrected chi connectivity index (χ2v) is 4.77. The lowest BCUT2D eigenvalue weighted by atomic mass is 10.1. The molecule has 0 bridgehead atoms. The molecule has 1 nitrogen and oxygen atoms in total. The summed E-state index contributed by atoms with van der Waals surface area (Å²) in [6, 6.07) is 4.93. The van der Waals surface area contributed by atoms with Gasteiger partial charge in [0.2, 0.25) is 0 Å². The first-order chi connectivity index (χ1) is 8.27. The van der Waals surface area contributed by atoms with E-state index in [1.54, 1.807) is 11.6 Å². The van der Waals surface area contributed by atoms with Gasteiger partial charge in [-0.1, -0.05) is 35.4 Å². The van der Waals surface area contributed by atoms with Gasteiger partial charge >= 0.3 is 0 Å². The number of allylic oxidation sites excluding steroid dienone is 1. The Hall–Kier alpha value is -0.860. The van der Waals surface area contributed by atoms with Crippen molar-refractivity contribution in [3.8, 4) is 0 Å². The molecular formula is C14H17ClFN. The maximum Gasteiger partial charge on any atom is 0.142 e. The largest absolute Gasteiger partial charge is 0.312 e. The zero-order valence-corrected chi connectivity index (χ0v) is 10.6. The van der Waals surface area contributed by atoms with Gasteiger partial charge in [-0.3, -0.25) is 0 Å². The van der Waals surface area contributed by atoms with Crippen LogP contribution in [0.4, 0.5) is 4.39 Å². The molecule has 0 unspecified atom stereocenters. The molecule has 0 saturated carbocycles. The third-order valence-corrected chi connectivity index (χ3v) is 3.53. The predicted octanol–water partition coefficient (Wildman–Crippen LogP) is 4.07. The van der Waals surface area contributed by atoms with E-state index in [0.717, 1.165) is 18.5 Å². The molecule has 0 atom stereocenters. The molecule has 2 rings (SSSR count). The fourth-order valence-electron chi connectivity index (χ4n) is 2.12. The standard InChI is InChI=1S/C14H17ClFN/c15-14-12(6-3-7-13(14)16)10-17-9-8-11-4-1-2-5-11/h3-4,6-7,17H,1-2,5,8-10H2. The van der Waals surface area contributed by atoms with Gasteiger partial charge in [0.1, 0.15) is 5.82 Å². The molecule has 92 valence electrons. The zero-order valence-electron chi connectivity index (χ0n) is 9.81. The first kappa shape index (κ1) is 12.6. The molecule has 0 radical (unpaired) electrons. The van der Waals surface area contributed by atoms with Gasteiger partial charge < -0.3 is 5.32 Å². The minimum absolute atomic E-state index is 0.236. The van der Waals surface area contributed by atoms with Gasteiger partial charge in [-0.25, -0.2) is 4.39 Å². The van der Waals surface area contributed by atoms with Gasteiger partial charge in [0.05, 0.1) is 5.02 Å². The fraction of sp³-hybridized carbons (Fsp3) is 0.429. The van der Waals surface area contributed by atoms with E-state index in [4.69, 9.17) is 11.6 Å². The van der Waals surface area contributed by atoms with Crippen LogP contribution < -0.4 is 5.32 Å². The number of nitrogens with one attached hydrogen (secondary N) is 1. The van der Waals surface area contributed by atoms with Crippen LogP contribution in [0.2, 0.25) is 5.02 Å². The van der Waals surface area contributed by atoms with E-state index in [1.165, 1.54) is 25.3 Å². The highest BCUT2D eigenvalue weighted by Gasteiger charge is 2.06. The molecule has 17 heavy (non-hydrogen) atoms. The van der Waals surface area contributed by atoms with Gasteiger partial charge in [0.15, 0.2) is 0 Å². The molecular weight excluding hydrogens is 237 g/mol. The van der Waals surface area contributed by atoms with Crippen LogP contribution in [0.25, 0.3) is 0 Å². The van der Waals surface area contributed by atoms with E-state index in [1.807, 2.05) is 6.07 Å². The Labute approximate surface area is 107 Å². The van der Waals surface area contributed by atoms with Gasteiger partial charge in [-0.15, -0.1) is 0 Å². The molecule has 0 heterocycles. The van der Waals surface area contributed by atoms with Crippen molar-refractivity contribution in [1.29, 1.82) is 0 Å². The van der Waals surface area contributed by atoms with E-state index >= 15 is 0 Å². The molecule has 1 aromatic rings. The minimum Gasteiger partial charge on any atom is -0.312 e. The molecule has 0 amide bonds. The van der Waals surface area contributed by atoms with E-state index in [9.17, 15) is 4.39 Å². The average molecular weight is 254 g/mol. The highest BCUT2D eigenvalue weighted by atomic mass is 35.5. The first-order valence-electron chi connectivity index (χ1n) is 6.09. The molecule has 0 fully saturated rings. The number of hydrogen-bond donors (Lipinski definition) is 1. The Morgan fingerprint density at radius 1 is 1.35 bits per heavy atom. The van der Waals surface area contributed by atoms with Gasteiger partial charge in [0.25, 0.3) is 0 Å². The zero-order chi connectivity index (χ0) is 12.1. The smallest absolute Gasteiger partial charge is 0.142 e. The van der Waals surface area contributed by atoms with Crippen LogP contribution in [0.15, 0.2) is 29.8 Å². The van der Waals surface area contributed by atoms with Crippen LogP contribution in [-0.2, 0) is 6.54 Å². The normalized spacial score (nSPS) is 15.1. The van der Waals surface area contributed by atoms with Gasteiger partial charge in [0, 0.05) is 6.54 Å². The van der Waals surface area contributed by atoms with E-state index in [2.05, 4.69) is 11.4 Å². The Bertz CT molecular complexity index is 415. The summed E-state index contributed by atoms with van der Waals surface area (Å²) in [6.45, 7) is 1.56. The summed E-state index contributed by atoms with van der Waals surface area (Å²) >= 11 is 5.87. The molecule has 0 saturated heterocycles. The summed E-state index contributed by atoms with van der Waals surface area (Å²) in [5.41, 5.74) is 2.37. The van der Waals surface area contributed by atoms with Crippen molar-refractivity contribution in [2.24, 2.45) is 0 Å². The molecule has 1 aliphatic rings. The Kier molecular flexibility index (Phi) is 4.57. The van der Waals surface area contributed by atoms with Crippen LogP contribution in [-0.4, -0.2) is 6.54 Å². The molecule has 3 heteroatoms. The Morgan fingerprint density at radius 3 is 3.00 bits per heavy atom. The van der Waals surface area contributed by atoms with E-state index < -0.39 is 0 Å². The molecule has 1 aromatic carbocycles. The van der Waals surface area contributed by atoms with Crippen LogP contribution in [0.1, 0.15) is 31.2 Å². The van der Waals surface area contributed by atoms with Crippen molar-refractivity contribution in [3.63, 3.8) is 0 Å². The number of rotatable bonds is 5. The lowest BCUT2D eigenvalue weighted by Crippen LogP contribution is -2.15. The fourth-order valence-corrected chi connectivity index (χ4v) is 2.31. The molecule has 0 aliphatic heterocycles. The summed E-state index contributed by atoms with van der Waals surface area (Å²) in [6.07, 6.45) is 7.18. The monoisotopic (exact) mass is 253 g/mol. The van der Waals surface area contributed by atoms with Crippen molar-refractivity contribution >= 4 is 11.6 Å². The maximum atomic E-state index is 13.2. The lowest BCUT2D eigenvalue weighted by Gasteiger charge is -2.07. The summed E-state index contributed by atoms with van der Waals surface area (Å²) < 4.78 is 13.2. The highest BCUT2D eigenvalue weighted by Crippen LogP contribution is 2.21. The molecule has 0 aromatic heterocycles. The Balaban J connectivity index is 1.76. The first-order valence-corrected chi connectivity index (χ1v) is 6.46. The SMILES string of the molecule is Fc1cccc(CNCCC2=CCCC2)c1Cl. The molecule has 1 N–H and O–H groups in total. The van der Waals surface area contributed by atoms with Crippen molar-refractivity contribution in [3.05, 3.63) is 46.3 Å².